The fourth-order valence-electron chi connectivity index (χ4n) is 0.820. The van der Waals surface area contributed by atoms with Crippen LogP contribution in [0.5, 0.6) is 0 Å². The van der Waals surface area contributed by atoms with Gasteiger partial charge in [0.25, 0.3) is 0 Å². The fraction of sp³-hybridized carbons (Fsp3) is 0.800. The molecule has 0 spiro atoms. The summed E-state index contributed by atoms with van der Waals surface area (Å²) in [7, 11) is 0. The summed E-state index contributed by atoms with van der Waals surface area (Å²) in [5.74, 6) is 0. The largest absolute Gasteiger partial charge is 0.377 e. The minimum Gasteiger partial charge on any atom is -0.377 e. The smallest absolute Gasteiger partial charge is 0.166 e. The highest BCUT2D eigenvalue weighted by Crippen LogP contribution is 1.84. The van der Waals surface area contributed by atoms with Crippen LogP contribution in [0.3, 0.4) is 0 Å². The number of nitrogens with one attached hydrogen (secondary N) is 2. The molecule has 6 N–H and O–H groups in total. The summed E-state index contributed by atoms with van der Waals surface area (Å²) in [6.45, 7) is 6.34. The Morgan fingerprint density at radius 2 is 1.25 bits per heavy atom. The zero-order valence-corrected chi connectivity index (χ0v) is 11.8. The van der Waals surface area contributed by atoms with E-state index in [0.717, 1.165) is 18.2 Å². The van der Waals surface area contributed by atoms with Crippen molar-refractivity contribution in [1.29, 1.82) is 0 Å². The van der Waals surface area contributed by atoms with Gasteiger partial charge in [0.05, 0.1) is 0 Å². The Kier molecular flexibility index (Phi) is 16.0. The molecule has 0 aliphatic heterocycles. The molecule has 0 aromatic rings. The molecule has 4 nitrogen and oxygen atoms in total. The van der Waals surface area contributed by atoms with E-state index in [1.165, 1.54) is 25.7 Å². The number of rotatable bonds is 6. The second-order valence-corrected chi connectivity index (χ2v) is 4.17. The fourth-order valence-corrected chi connectivity index (χ4v) is 1.02. The second-order valence-electron chi connectivity index (χ2n) is 3.29. The predicted molar refractivity (Wildman–Crippen MR) is 79.4 cm³/mol. The van der Waals surface area contributed by atoms with E-state index in [9.17, 15) is 0 Å². The number of unbranched alkanes of at least 4 members (excludes halogenated alkanes) is 2. The summed E-state index contributed by atoms with van der Waals surface area (Å²) in [6.07, 6.45) is 4.81. The Morgan fingerprint density at radius 3 is 1.50 bits per heavy atom. The first-order chi connectivity index (χ1) is 7.54. The van der Waals surface area contributed by atoms with E-state index in [1.54, 1.807) is 0 Å². The van der Waals surface area contributed by atoms with Gasteiger partial charge in [-0.05, 0) is 37.3 Å². The van der Waals surface area contributed by atoms with Crippen LogP contribution >= 0.6 is 24.4 Å². The summed E-state index contributed by atoms with van der Waals surface area (Å²) in [4.78, 5) is 0. The van der Waals surface area contributed by atoms with E-state index in [0.29, 0.717) is 0 Å². The molecule has 0 aliphatic rings. The zero-order chi connectivity index (χ0) is 12.8. The summed E-state index contributed by atoms with van der Waals surface area (Å²) in [6, 6.07) is 0. The Morgan fingerprint density at radius 1 is 0.938 bits per heavy atom. The lowest BCUT2D eigenvalue weighted by molar-refractivity contribution is 0.715. The maximum Gasteiger partial charge on any atom is 0.166 e. The lowest BCUT2D eigenvalue weighted by Crippen LogP contribution is -2.36. The van der Waals surface area contributed by atoms with Crippen LogP contribution in [0.2, 0.25) is 0 Å². The summed E-state index contributed by atoms with van der Waals surface area (Å²) in [5.41, 5.74) is 9.24. The van der Waals surface area contributed by atoms with Gasteiger partial charge < -0.3 is 22.1 Å². The van der Waals surface area contributed by atoms with Crippen LogP contribution in [0.25, 0.3) is 0 Å². The van der Waals surface area contributed by atoms with Crippen LogP contribution in [0.4, 0.5) is 0 Å². The molecule has 0 saturated heterocycles. The summed E-state index contributed by atoms with van der Waals surface area (Å²) in [5, 5.41) is 7.13. The van der Waals surface area contributed by atoms with Gasteiger partial charge in [0.2, 0.25) is 0 Å². The standard InChI is InChI=1S/C9H20N2S.CH4N2S/c1-3-5-7-10-9(12)11-8-6-4-2;2-1(3)4/h3-8H2,1-2H3,(H2,10,11,12);(H4,2,3,4). The quantitative estimate of drug-likeness (QED) is 0.427. The molecule has 96 valence electrons. The first-order valence-electron chi connectivity index (χ1n) is 5.61. The highest BCUT2D eigenvalue weighted by atomic mass is 32.1. The van der Waals surface area contributed by atoms with E-state index >= 15 is 0 Å². The van der Waals surface area contributed by atoms with Gasteiger partial charge in [0, 0.05) is 13.1 Å². The maximum absolute atomic E-state index is 5.06. The van der Waals surface area contributed by atoms with E-state index in [2.05, 4.69) is 48.2 Å². The van der Waals surface area contributed by atoms with E-state index in [4.69, 9.17) is 12.2 Å². The molecule has 0 fully saturated rings. The predicted octanol–water partition coefficient (Wildman–Crippen LogP) is 1.24. The molecule has 0 amide bonds. The molecule has 0 heterocycles. The van der Waals surface area contributed by atoms with Crippen molar-refractivity contribution in [2.45, 2.75) is 39.5 Å². The number of hydrogen-bond donors (Lipinski definition) is 4. The molecule has 0 aromatic heterocycles. The Balaban J connectivity index is 0. The van der Waals surface area contributed by atoms with E-state index in [-0.39, 0.29) is 5.11 Å². The van der Waals surface area contributed by atoms with E-state index in [1.807, 2.05) is 0 Å². The Bertz CT molecular complexity index is 170. The molecule has 0 saturated carbocycles. The van der Waals surface area contributed by atoms with Gasteiger partial charge in [-0.25, -0.2) is 0 Å². The molecule has 16 heavy (non-hydrogen) atoms. The average molecular weight is 264 g/mol. The third kappa shape index (κ3) is 23.3. The first kappa shape index (κ1) is 17.8. The molecule has 0 unspecified atom stereocenters. The Hall–Kier alpha value is -0.620. The summed E-state index contributed by atoms with van der Waals surface area (Å²) < 4.78 is 0. The van der Waals surface area contributed by atoms with Crippen LogP contribution < -0.4 is 22.1 Å². The topological polar surface area (TPSA) is 76.1 Å². The van der Waals surface area contributed by atoms with Crippen LogP contribution in [-0.4, -0.2) is 23.3 Å². The van der Waals surface area contributed by atoms with Crippen molar-refractivity contribution in [2.24, 2.45) is 11.5 Å². The van der Waals surface area contributed by atoms with E-state index < -0.39 is 0 Å². The maximum atomic E-state index is 5.06. The number of thiocarbonyl (C=S) groups is 2. The van der Waals surface area contributed by atoms with Crippen molar-refractivity contribution < 1.29 is 0 Å². The van der Waals surface area contributed by atoms with Crippen LogP contribution in [0.1, 0.15) is 39.5 Å². The van der Waals surface area contributed by atoms with Crippen molar-refractivity contribution in [3.8, 4) is 0 Å². The highest BCUT2D eigenvalue weighted by molar-refractivity contribution is 7.80. The molecule has 0 aliphatic carbocycles. The van der Waals surface area contributed by atoms with Crippen molar-refractivity contribution in [1.82, 2.24) is 10.6 Å². The van der Waals surface area contributed by atoms with Crippen LogP contribution in [-0.2, 0) is 0 Å². The molecular formula is C10H24N4S2. The van der Waals surface area contributed by atoms with Crippen molar-refractivity contribution in [3.05, 3.63) is 0 Å². The third-order valence-electron chi connectivity index (χ3n) is 1.63. The van der Waals surface area contributed by atoms with Crippen molar-refractivity contribution in [3.63, 3.8) is 0 Å². The molecular weight excluding hydrogens is 240 g/mol. The molecule has 6 heteroatoms. The van der Waals surface area contributed by atoms with Gasteiger partial charge in [-0.3, -0.25) is 0 Å². The Labute approximate surface area is 110 Å². The monoisotopic (exact) mass is 264 g/mol. The third-order valence-corrected chi connectivity index (χ3v) is 1.92. The molecule has 0 rings (SSSR count). The lowest BCUT2D eigenvalue weighted by atomic mass is 10.3. The van der Waals surface area contributed by atoms with Crippen molar-refractivity contribution in [2.75, 3.05) is 13.1 Å². The summed E-state index contributed by atoms with van der Waals surface area (Å²) >= 11 is 9.15. The SMILES string of the molecule is CCCCNC(=S)NCCCC.NC(N)=S. The van der Waals surface area contributed by atoms with Gasteiger partial charge >= 0.3 is 0 Å². The first-order valence-corrected chi connectivity index (χ1v) is 6.42. The van der Waals surface area contributed by atoms with Gasteiger partial charge in [-0.15, -0.1) is 0 Å². The minimum absolute atomic E-state index is 0.000000000000000222. The number of hydrogen-bond acceptors (Lipinski definition) is 2. The second kappa shape index (κ2) is 14.4. The highest BCUT2D eigenvalue weighted by Gasteiger charge is 1.91. The molecule has 0 aromatic carbocycles. The molecule has 0 bridgehead atoms. The van der Waals surface area contributed by atoms with Gasteiger partial charge in [-0.1, -0.05) is 26.7 Å². The zero-order valence-electron chi connectivity index (χ0n) is 10.2. The average Bonchev–Trinajstić information content (AvgIpc) is 2.18. The van der Waals surface area contributed by atoms with Crippen molar-refractivity contribution >= 4 is 34.7 Å². The van der Waals surface area contributed by atoms with Gasteiger partial charge in [0.15, 0.2) is 10.2 Å². The van der Waals surface area contributed by atoms with Crippen LogP contribution in [0.15, 0.2) is 0 Å². The molecule has 0 radical (unpaired) electrons. The lowest BCUT2D eigenvalue weighted by Gasteiger charge is -2.08. The minimum atomic E-state index is 0.000000000000000222. The molecule has 0 atom stereocenters. The van der Waals surface area contributed by atoms with Crippen LogP contribution in [0, 0.1) is 0 Å². The van der Waals surface area contributed by atoms with Gasteiger partial charge in [-0.2, -0.15) is 0 Å². The van der Waals surface area contributed by atoms with Gasteiger partial charge in [0.1, 0.15) is 0 Å². The normalized spacial score (nSPS) is 8.62. The number of nitrogens with two attached hydrogens (primary N) is 2.